The molecule has 3 rings (SSSR count). The lowest BCUT2D eigenvalue weighted by Gasteiger charge is -2.01. The van der Waals surface area contributed by atoms with Crippen molar-refractivity contribution < 1.29 is 18.3 Å². The number of nitrogens with zero attached hydrogens (tertiary/aromatic N) is 2. The molecule has 1 aromatic carbocycles. The highest BCUT2D eigenvalue weighted by Gasteiger charge is 2.21. The lowest BCUT2D eigenvalue weighted by atomic mass is 10.3. The van der Waals surface area contributed by atoms with Gasteiger partial charge in [0.05, 0.1) is 9.77 Å². The third-order valence-electron chi connectivity index (χ3n) is 3.14. The maximum absolute atomic E-state index is 12.6. The van der Waals surface area contributed by atoms with Crippen molar-refractivity contribution >= 4 is 44.3 Å². The molecule has 2 heterocycles. The second kappa shape index (κ2) is 6.79. The maximum atomic E-state index is 12.6. The number of aliphatic hydroxyl groups excluding tert-OH is 1. The van der Waals surface area contributed by atoms with Crippen LogP contribution in [0.3, 0.4) is 0 Å². The Morgan fingerprint density at radius 3 is 2.56 bits per heavy atom. The lowest BCUT2D eigenvalue weighted by molar-refractivity contribution is 0.104. The minimum Gasteiger partial charge on any atom is -0.504 e. The van der Waals surface area contributed by atoms with Gasteiger partial charge in [-0.25, -0.2) is 13.4 Å². The second-order valence-corrected chi connectivity index (χ2v) is 8.50. The van der Waals surface area contributed by atoms with Gasteiger partial charge in [0, 0.05) is 11.1 Å². The average Bonchev–Trinajstić information content (AvgIpc) is 3.27. The van der Waals surface area contributed by atoms with Crippen molar-refractivity contribution in [3.05, 3.63) is 64.5 Å². The van der Waals surface area contributed by atoms with Crippen LogP contribution in [0.5, 0.6) is 0 Å². The number of aliphatic hydroxyl groups is 1. The van der Waals surface area contributed by atoms with E-state index in [0.29, 0.717) is 5.02 Å². The van der Waals surface area contributed by atoms with E-state index < -0.39 is 21.4 Å². The number of benzene rings is 1. The third-order valence-corrected chi connectivity index (χ3v) is 6.75. The summed E-state index contributed by atoms with van der Waals surface area (Å²) in [5.41, 5.74) is 0. The third kappa shape index (κ3) is 3.63. The Morgan fingerprint density at radius 1 is 1.20 bits per heavy atom. The Morgan fingerprint density at radius 2 is 1.92 bits per heavy atom. The molecule has 3 aromatic rings. The van der Waals surface area contributed by atoms with Crippen molar-refractivity contribution in [1.29, 1.82) is 0 Å². The average molecular weight is 396 g/mol. The number of hydrogen-bond donors (Lipinski definition) is 2. The van der Waals surface area contributed by atoms with E-state index in [2.05, 4.69) is 15.2 Å². The number of sulfone groups is 1. The Kier molecular flexibility index (Phi) is 4.71. The number of aromatic nitrogens is 3. The molecule has 0 aliphatic heterocycles. The number of aromatic amines is 1. The van der Waals surface area contributed by atoms with Crippen molar-refractivity contribution in [1.82, 2.24) is 15.2 Å². The van der Waals surface area contributed by atoms with Crippen molar-refractivity contribution in [2.75, 3.05) is 0 Å². The number of thiophene rings is 1. The number of H-pyrrole nitrogens is 1. The summed E-state index contributed by atoms with van der Waals surface area (Å²) in [6.45, 7) is 0. The first-order chi connectivity index (χ1) is 11.9. The Hall–Kier alpha value is -2.49. The van der Waals surface area contributed by atoms with Crippen LogP contribution >= 0.6 is 22.9 Å². The van der Waals surface area contributed by atoms with Gasteiger partial charge in [-0.05, 0) is 36.4 Å². The van der Waals surface area contributed by atoms with Gasteiger partial charge < -0.3 is 5.11 Å². The van der Waals surface area contributed by atoms with Gasteiger partial charge >= 0.3 is 0 Å². The molecule has 0 radical (unpaired) electrons. The highest BCUT2D eigenvalue weighted by molar-refractivity contribution is 7.93. The fourth-order valence-electron chi connectivity index (χ4n) is 1.92. The van der Waals surface area contributed by atoms with Crippen LogP contribution in [0, 0.1) is 0 Å². The Balaban J connectivity index is 1.88. The molecule has 0 atom stereocenters. The molecule has 0 fully saturated rings. The van der Waals surface area contributed by atoms with E-state index in [4.69, 9.17) is 11.6 Å². The van der Waals surface area contributed by atoms with Gasteiger partial charge in [0.15, 0.2) is 17.4 Å². The summed E-state index contributed by atoms with van der Waals surface area (Å²) in [7, 11) is -3.74. The fourth-order valence-corrected chi connectivity index (χ4v) is 4.66. The fraction of sp³-hybridized carbons (Fsp3) is 0. The van der Waals surface area contributed by atoms with E-state index in [1.165, 1.54) is 42.7 Å². The quantitative estimate of drug-likeness (QED) is 0.390. The maximum Gasteiger partial charge on any atom is 0.215 e. The molecule has 7 nitrogen and oxygen atoms in total. The summed E-state index contributed by atoms with van der Waals surface area (Å²) in [5, 5.41) is 16.2. The standard InChI is InChI=1S/C15H10ClN3O4S2/c16-9-1-3-10(4-2-9)25(22,23)14-6-5-13(24-14)11(20)7-12(21)15-17-8-18-19-15/h1-8,21H,(H,17,18,19). The summed E-state index contributed by atoms with van der Waals surface area (Å²) in [6.07, 6.45) is 2.14. The first-order valence-corrected chi connectivity index (χ1v) is 9.47. The molecule has 128 valence electrons. The Bertz CT molecular complexity index is 1040. The van der Waals surface area contributed by atoms with Gasteiger partial charge in [0.1, 0.15) is 10.5 Å². The van der Waals surface area contributed by atoms with Crippen LogP contribution in [0.25, 0.3) is 5.76 Å². The van der Waals surface area contributed by atoms with Crippen molar-refractivity contribution in [3.63, 3.8) is 0 Å². The van der Waals surface area contributed by atoms with Crippen LogP contribution < -0.4 is 0 Å². The van der Waals surface area contributed by atoms with Crippen LogP contribution in [0.2, 0.25) is 5.02 Å². The topological polar surface area (TPSA) is 113 Å². The molecule has 0 saturated carbocycles. The normalized spacial score (nSPS) is 12.3. The van der Waals surface area contributed by atoms with Gasteiger partial charge in [-0.15, -0.1) is 11.3 Å². The van der Waals surface area contributed by atoms with Crippen LogP contribution in [-0.2, 0) is 9.84 Å². The molecule has 0 bridgehead atoms. The lowest BCUT2D eigenvalue weighted by Crippen LogP contribution is -1.99. The van der Waals surface area contributed by atoms with Gasteiger partial charge in [0.25, 0.3) is 0 Å². The number of allylic oxidation sites excluding steroid dienone is 1. The van der Waals surface area contributed by atoms with Crippen molar-refractivity contribution in [2.45, 2.75) is 9.10 Å². The van der Waals surface area contributed by atoms with Crippen molar-refractivity contribution in [3.8, 4) is 0 Å². The molecule has 2 aromatic heterocycles. The molecule has 25 heavy (non-hydrogen) atoms. The number of halogens is 1. The highest BCUT2D eigenvalue weighted by Crippen LogP contribution is 2.29. The van der Waals surface area contributed by atoms with E-state index in [0.717, 1.165) is 17.4 Å². The van der Waals surface area contributed by atoms with Crippen LogP contribution in [0.4, 0.5) is 0 Å². The van der Waals surface area contributed by atoms with Gasteiger partial charge in [-0.3, -0.25) is 9.89 Å². The molecule has 0 saturated heterocycles. The van der Waals surface area contributed by atoms with Crippen LogP contribution in [0.1, 0.15) is 15.5 Å². The van der Waals surface area contributed by atoms with Crippen LogP contribution in [0.15, 0.2) is 57.9 Å². The van der Waals surface area contributed by atoms with Gasteiger partial charge in [0.2, 0.25) is 9.84 Å². The number of carbonyl (C=O) groups excluding carboxylic acids is 1. The zero-order valence-electron chi connectivity index (χ0n) is 12.4. The molecular weight excluding hydrogens is 386 g/mol. The number of rotatable bonds is 5. The summed E-state index contributed by atoms with van der Waals surface area (Å²) in [5.74, 6) is -0.895. The minimum absolute atomic E-state index is 0.0192. The molecule has 0 unspecified atom stereocenters. The van der Waals surface area contributed by atoms with E-state index in [1.54, 1.807) is 0 Å². The predicted molar refractivity (Wildman–Crippen MR) is 92.5 cm³/mol. The largest absolute Gasteiger partial charge is 0.504 e. The second-order valence-electron chi connectivity index (χ2n) is 4.80. The summed E-state index contributed by atoms with van der Waals surface area (Å²) < 4.78 is 25.1. The molecular formula is C15H10ClN3O4S2. The molecule has 10 heteroatoms. The minimum atomic E-state index is -3.74. The monoisotopic (exact) mass is 395 g/mol. The van der Waals surface area contributed by atoms with E-state index >= 15 is 0 Å². The SMILES string of the molecule is O=C(C=C(O)c1ncn[nH]1)c1ccc(S(=O)(=O)c2ccc(Cl)cc2)s1. The predicted octanol–water partition coefficient (Wildman–Crippen LogP) is 3.13. The number of hydrogen-bond acceptors (Lipinski definition) is 7. The first kappa shape index (κ1) is 17.3. The van der Waals surface area contributed by atoms with Crippen LogP contribution in [-0.4, -0.2) is 34.5 Å². The summed E-state index contributed by atoms with van der Waals surface area (Å²) in [6, 6.07) is 8.49. The summed E-state index contributed by atoms with van der Waals surface area (Å²) in [4.78, 5) is 16.1. The summed E-state index contributed by atoms with van der Waals surface area (Å²) >= 11 is 6.58. The van der Waals surface area contributed by atoms with E-state index in [-0.39, 0.29) is 19.8 Å². The first-order valence-electron chi connectivity index (χ1n) is 6.79. The number of ketones is 1. The van der Waals surface area contributed by atoms with E-state index in [1.807, 2.05) is 0 Å². The molecule has 0 amide bonds. The number of nitrogens with one attached hydrogen (secondary N) is 1. The Labute approximate surface area is 151 Å². The zero-order chi connectivity index (χ0) is 18.0. The van der Waals surface area contributed by atoms with Gasteiger partial charge in [-0.2, -0.15) is 5.10 Å². The molecule has 0 spiro atoms. The highest BCUT2D eigenvalue weighted by atomic mass is 35.5. The van der Waals surface area contributed by atoms with Crippen molar-refractivity contribution in [2.24, 2.45) is 0 Å². The molecule has 2 N–H and O–H groups in total. The smallest absolute Gasteiger partial charge is 0.215 e. The van der Waals surface area contributed by atoms with Gasteiger partial charge in [-0.1, -0.05) is 11.6 Å². The zero-order valence-corrected chi connectivity index (χ0v) is 14.8. The van der Waals surface area contributed by atoms with E-state index in [9.17, 15) is 18.3 Å². The molecule has 0 aliphatic carbocycles. The number of carbonyl (C=O) groups is 1. The molecule has 0 aliphatic rings.